The minimum atomic E-state index is 0. The fraction of sp³-hybridized carbons (Fsp3) is 0.167. The molecule has 0 fully saturated rings. The molecule has 16 heavy (non-hydrogen) atoms. The average Bonchev–Trinajstić information content (AvgIpc) is 2.29. The summed E-state index contributed by atoms with van der Waals surface area (Å²) in [7, 11) is 0. The zero-order valence-corrected chi connectivity index (χ0v) is 9.87. The van der Waals surface area contributed by atoms with Gasteiger partial charge in [-0.1, -0.05) is 30.3 Å². The molecule has 2 aromatic rings. The number of nitrogens with two attached hydrogens (primary N) is 1. The Labute approximate surface area is 101 Å². The van der Waals surface area contributed by atoms with Gasteiger partial charge in [-0.15, -0.1) is 12.4 Å². The van der Waals surface area contributed by atoms with Crippen LogP contribution in [0.5, 0.6) is 0 Å². The zero-order chi connectivity index (χ0) is 10.7. The van der Waals surface area contributed by atoms with Gasteiger partial charge in [0.05, 0.1) is 12.2 Å². The van der Waals surface area contributed by atoms with Crippen molar-refractivity contribution in [3.05, 3.63) is 47.9 Å². The molecule has 2 rings (SSSR count). The Balaban J connectivity index is 0.00000128. The van der Waals surface area contributed by atoms with Crippen molar-refractivity contribution in [3.8, 4) is 11.3 Å². The molecule has 0 radical (unpaired) electrons. The maximum atomic E-state index is 5.54. The van der Waals surface area contributed by atoms with E-state index in [9.17, 15) is 0 Å². The van der Waals surface area contributed by atoms with Gasteiger partial charge >= 0.3 is 0 Å². The number of aryl methyl sites for hydroxylation is 1. The summed E-state index contributed by atoms with van der Waals surface area (Å²) < 4.78 is 0. The second-order valence-electron chi connectivity index (χ2n) is 3.38. The molecule has 0 aliphatic rings. The van der Waals surface area contributed by atoms with Gasteiger partial charge in [-0.2, -0.15) is 0 Å². The Morgan fingerprint density at radius 2 is 1.81 bits per heavy atom. The zero-order valence-electron chi connectivity index (χ0n) is 9.05. The van der Waals surface area contributed by atoms with Crippen LogP contribution >= 0.6 is 12.4 Å². The molecule has 3 nitrogen and oxygen atoms in total. The Morgan fingerprint density at radius 3 is 2.44 bits per heavy atom. The van der Waals surface area contributed by atoms with Crippen LogP contribution in [0.3, 0.4) is 0 Å². The minimum Gasteiger partial charge on any atom is -0.324 e. The molecule has 4 heteroatoms. The topological polar surface area (TPSA) is 51.8 Å². The Hall–Kier alpha value is -1.45. The molecule has 0 atom stereocenters. The van der Waals surface area contributed by atoms with Gasteiger partial charge in [-0.3, -0.25) is 0 Å². The summed E-state index contributed by atoms with van der Waals surface area (Å²) >= 11 is 0. The fourth-order valence-electron chi connectivity index (χ4n) is 1.48. The van der Waals surface area contributed by atoms with Gasteiger partial charge in [0.1, 0.15) is 5.82 Å². The van der Waals surface area contributed by atoms with E-state index in [1.54, 1.807) is 0 Å². The summed E-state index contributed by atoms with van der Waals surface area (Å²) in [6.45, 7) is 2.33. The number of halogens is 1. The molecule has 0 aliphatic carbocycles. The number of nitrogens with zero attached hydrogens (tertiary/aromatic N) is 2. The summed E-state index contributed by atoms with van der Waals surface area (Å²) in [5.74, 6) is 0.689. The van der Waals surface area contributed by atoms with E-state index in [4.69, 9.17) is 5.73 Å². The molecule has 0 saturated carbocycles. The average molecular weight is 236 g/mol. The van der Waals surface area contributed by atoms with Crippen molar-refractivity contribution in [1.29, 1.82) is 0 Å². The normalized spacial score (nSPS) is 9.62. The maximum Gasteiger partial charge on any atom is 0.142 e. The Kier molecular flexibility index (Phi) is 4.40. The van der Waals surface area contributed by atoms with E-state index < -0.39 is 0 Å². The summed E-state index contributed by atoms with van der Waals surface area (Å²) in [6, 6.07) is 12.0. The number of benzene rings is 1. The molecule has 1 aromatic carbocycles. The van der Waals surface area contributed by atoms with Gasteiger partial charge in [0.2, 0.25) is 0 Å². The van der Waals surface area contributed by atoms with Crippen LogP contribution in [0.15, 0.2) is 36.4 Å². The fourth-order valence-corrected chi connectivity index (χ4v) is 1.48. The molecule has 0 amide bonds. The van der Waals surface area contributed by atoms with Crippen molar-refractivity contribution in [1.82, 2.24) is 9.97 Å². The SMILES string of the molecule is Cc1cc(-c2ccccc2)nc(CN)n1.Cl. The van der Waals surface area contributed by atoms with E-state index in [1.807, 2.05) is 43.3 Å². The van der Waals surface area contributed by atoms with Crippen LogP contribution in [0.2, 0.25) is 0 Å². The van der Waals surface area contributed by atoms with E-state index in [-0.39, 0.29) is 12.4 Å². The van der Waals surface area contributed by atoms with Crippen molar-refractivity contribution in [3.63, 3.8) is 0 Å². The van der Waals surface area contributed by atoms with Crippen molar-refractivity contribution in [2.45, 2.75) is 13.5 Å². The van der Waals surface area contributed by atoms with Gasteiger partial charge in [-0.05, 0) is 13.0 Å². The Morgan fingerprint density at radius 1 is 1.12 bits per heavy atom. The molecule has 2 N–H and O–H groups in total. The largest absolute Gasteiger partial charge is 0.324 e. The quantitative estimate of drug-likeness (QED) is 0.869. The minimum absolute atomic E-state index is 0. The lowest BCUT2D eigenvalue weighted by molar-refractivity contribution is 0.894. The third-order valence-electron chi connectivity index (χ3n) is 2.15. The summed E-state index contributed by atoms with van der Waals surface area (Å²) in [5, 5.41) is 0. The molecule has 1 aromatic heterocycles. The van der Waals surface area contributed by atoms with Crippen LogP contribution in [0.25, 0.3) is 11.3 Å². The van der Waals surface area contributed by atoms with E-state index in [0.29, 0.717) is 12.4 Å². The molecule has 84 valence electrons. The lowest BCUT2D eigenvalue weighted by Gasteiger charge is -2.04. The van der Waals surface area contributed by atoms with Gasteiger partial charge in [-0.25, -0.2) is 9.97 Å². The highest BCUT2D eigenvalue weighted by Gasteiger charge is 2.02. The van der Waals surface area contributed by atoms with Crippen molar-refractivity contribution in [2.75, 3.05) is 0 Å². The summed E-state index contributed by atoms with van der Waals surface area (Å²) in [6.07, 6.45) is 0. The van der Waals surface area contributed by atoms with E-state index in [0.717, 1.165) is 17.0 Å². The van der Waals surface area contributed by atoms with Gasteiger partial charge in [0.15, 0.2) is 0 Å². The Bertz CT molecular complexity index is 457. The summed E-state index contributed by atoms with van der Waals surface area (Å²) in [4.78, 5) is 8.63. The first kappa shape index (κ1) is 12.6. The van der Waals surface area contributed by atoms with Gasteiger partial charge in [0.25, 0.3) is 0 Å². The standard InChI is InChI=1S/C12H13N3.ClH/c1-9-7-11(15-12(8-13)14-9)10-5-3-2-4-6-10;/h2-7H,8,13H2,1H3;1H. The predicted octanol–water partition coefficient (Wildman–Crippen LogP) is 2.33. The molecule has 1 heterocycles. The summed E-state index contributed by atoms with van der Waals surface area (Å²) in [5.41, 5.74) is 8.52. The molecule has 0 saturated heterocycles. The number of aromatic nitrogens is 2. The van der Waals surface area contributed by atoms with E-state index >= 15 is 0 Å². The highest BCUT2D eigenvalue weighted by Crippen LogP contribution is 2.16. The van der Waals surface area contributed by atoms with Crippen LogP contribution in [0, 0.1) is 6.92 Å². The lowest BCUT2D eigenvalue weighted by Crippen LogP contribution is -2.04. The number of rotatable bonds is 2. The molecular weight excluding hydrogens is 222 g/mol. The first-order valence-corrected chi connectivity index (χ1v) is 4.89. The van der Waals surface area contributed by atoms with E-state index in [1.165, 1.54) is 0 Å². The van der Waals surface area contributed by atoms with Crippen LogP contribution in [-0.4, -0.2) is 9.97 Å². The smallest absolute Gasteiger partial charge is 0.142 e. The second kappa shape index (κ2) is 5.58. The van der Waals surface area contributed by atoms with Crippen LogP contribution in [-0.2, 0) is 6.54 Å². The van der Waals surface area contributed by atoms with Crippen LogP contribution in [0.1, 0.15) is 11.5 Å². The second-order valence-corrected chi connectivity index (χ2v) is 3.38. The lowest BCUT2D eigenvalue weighted by atomic mass is 10.1. The molecule has 0 aliphatic heterocycles. The third-order valence-corrected chi connectivity index (χ3v) is 2.15. The van der Waals surface area contributed by atoms with Crippen molar-refractivity contribution in [2.24, 2.45) is 5.73 Å². The highest BCUT2D eigenvalue weighted by molar-refractivity contribution is 5.85. The molecule has 0 spiro atoms. The first-order chi connectivity index (χ1) is 7.29. The van der Waals surface area contributed by atoms with Crippen LogP contribution < -0.4 is 5.73 Å². The van der Waals surface area contributed by atoms with Crippen LogP contribution in [0.4, 0.5) is 0 Å². The molecule has 0 bridgehead atoms. The number of hydrogen-bond donors (Lipinski definition) is 1. The molecular formula is C12H14ClN3. The van der Waals surface area contributed by atoms with Gasteiger partial charge < -0.3 is 5.73 Å². The first-order valence-electron chi connectivity index (χ1n) is 4.89. The highest BCUT2D eigenvalue weighted by atomic mass is 35.5. The monoisotopic (exact) mass is 235 g/mol. The van der Waals surface area contributed by atoms with Gasteiger partial charge in [0, 0.05) is 11.3 Å². The molecule has 0 unspecified atom stereocenters. The maximum absolute atomic E-state index is 5.54. The van der Waals surface area contributed by atoms with E-state index in [2.05, 4.69) is 9.97 Å². The van der Waals surface area contributed by atoms with Crippen molar-refractivity contribution < 1.29 is 0 Å². The number of hydrogen-bond acceptors (Lipinski definition) is 3. The predicted molar refractivity (Wildman–Crippen MR) is 67.3 cm³/mol. The third kappa shape index (κ3) is 2.78. The van der Waals surface area contributed by atoms with Crippen molar-refractivity contribution >= 4 is 12.4 Å².